The van der Waals surface area contributed by atoms with Crippen LogP contribution in [0.5, 0.6) is 11.5 Å². The number of morpholine rings is 2. The van der Waals surface area contributed by atoms with Gasteiger partial charge in [0.2, 0.25) is 17.8 Å². The Morgan fingerprint density at radius 3 is 2.21 bits per heavy atom. The number of hydrogen-bond acceptors (Lipinski definition) is 12. The molecule has 1 N–H and O–H groups in total. The van der Waals surface area contributed by atoms with Gasteiger partial charge in [-0.2, -0.15) is 20.1 Å². The molecule has 0 aliphatic carbocycles. The zero-order valence-electron chi connectivity index (χ0n) is 21.4. The Bertz CT molecular complexity index is 1290. The minimum absolute atomic E-state index is 0.260. The highest BCUT2D eigenvalue weighted by atomic mass is 35.5. The number of rotatable bonds is 8. The molecular formula is C26H28ClN7O5. The van der Waals surface area contributed by atoms with Crippen LogP contribution in [-0.4, -0.2) is 86.9 Å². The van der Waals surface area contributed by atoms with Crippen molar-refractivity contribution in [2.45, 2.75) is 0 Å². The number of carbonyl (C=O) groups excluding carboxylic acids is 1. The smallest absolute Gasteiger partial charge is 0.345 e. The first-order chi connectivity index (χ1) is 19.1. The van der Waals surface area contributed by atoms with Crippen LogP contribution in [-0.2, 0) is 9.47 Å². The number of ether oxygens (including phenoxy) is 4. The van der Waals surface area contributed by atoms with Crippen LogP contribution in [0.25, 0.3) is 0 Å². The molecule has 2 aromatic carbocycles. The van der Waals surface area contributed by atoms with Crippen molar-refractivity contribution >= 4 is 41.6 Å². The minimum Gasteiger partial charge on any atom is -0.493 e. The number of esters is 1. The van der Waals surface area contributed by atoms with Gasteiger partial charge >= 0.3 is 5.97 Å². The Morgan fingerprint density at radius 1 is 0.949 bits per heavy atom. The summed E-state index contributed by atoms with van der Waals surface area (Å²) < 4.78 is 21.9. The first-order valence-corrected chi connectivity index (χ1v) is 12.8. The minimum atomic E-state index is -0.580. The monoisotopic (exact) mass is 553 g/mol. The van der Waals surface area contributed by atoms with E-state index in [2.05, 4.69) is 30.3 Å². The van der Waals surface area contributed by atoms with E-state index in [-0.39, 0.29) is 11.3 Å². The average molecular weight is 554 g/mol. The largest absolute Gasteiger partial charge is 0.493 e. The number of aromatic nitrogens is 3. The lowest BCUT2D eigenvalue weighted by Gasteiger charge is -2.30. The fourth-order valence-corrected chi connectivity index (χ4v) is 4.22. The molecule has 2 fully saturated rings. The van der Waals surface area contributed by atoms with E-state index in [0.717, 1.165) is 0 Å². The van der Waals surface area contributed by atoms with Crippen LogP contribution in [0.1, 0.15) is 15.9 Å². The summed E-state index contributed by atoms with van der Waals surface area (Å²) in [6.07, 6.45) is 1.59. The SMILES string of the molecule is COc1cc(C=NNc2nc(N3CCOCC3)nc(N3CCOCC3)n2)ccc1OC(=O)c1ccccc1Cl. The van der Waals surface area contributed by atoms with Gasteiger partial charge < -0.3 is 28.7 Å². The van der Waals surface area contributed by atoms with Gasteiger partial charge in [-0.1, -0.05) is 23.7 Å². The summed E-state index contributed by atoms with van der Waals surface area (Å²) in [5, 5.41) is 4.62. The molecule has 13 heteroatoms. The van der Waals surface area contributed by atoms with Crippen LogP contribution < -0.4 is 24.7 Å². The van der Waals surface area contributed by atoms with Gasteiger partial charge in [-0.3, -0.25) is 0 Å². The van der Waals surface area contributed by atoms with E-state index in [1.165, 1.54) is 7.11 Å². The van der Waals surface area contributed by atoms with Crippen LogP contribution in [0.3, 0.4) is 0 Å². The van der Waals surface area contributed by atoms with Crippen molar-refractivity contribution in [3.05, 3.63) is 58.6 Å². The van der Waals surface area contributed by atoms with E-state index in [1.807, 2.05) is 0 Å². The van der Waals surface area contributed by atoms with Gasteiger partial charge in [0.25, 0.3) is 0 Å². The molecule has 0 atom stereocenters. The summed E-state index contributed by atoms with van der Waals surface area (Å²) in [6.45, 7) is 5.25. The Morgan fingerprint density at radius 2 is 1.59 bits per heavy atom. The van der Waals surface area contributed by atoms with Crippen molar-refractivity contribution < 1.29 is 23.7 Å². The van der Waals surface area contributed by atoms with Crippen LogP contribution in [0, 0.1) is 0 Å². The second-order valence-electron chi connectivity index (χ2n) is 8.61. The van der Waals surface area contributed by atoms with Crippen molar-refractivity contribution in [2.24, 2.45) is 5.10 Å². The summed E-state index contributed by atoms with van der Waals surface area (Å²) in [6, 6.07) is 11.8. The van der Waals surface area contributed by atoms with Crippen LogP contribution in [0.15, 0.2) is 47.6 Å². The molecule has 0 amide bonds. The zero-order valence-corrected chi connectivity index (χ0v) is 22.1. The van der Waals surface area contributed by atoms with Gasteiger partial charge in [-0.15, -0.1) is 0 Å². The molecule has 0 unspecified atom stereocenters. The maximum absolute atomic E-state index is 12.6. The van der Waals surface area contributed by atoms with Crippen molar-refractivity contribution in [1.29, 1.82) is 0 Å². The van der Waals surface area contributed by atoms with Crippen molar-refractivity contribution in [3.63, 3.8) is 0 Å². The second kappa shape index (κ2) is 12.7. The van der Waals surface area contributed by atoms with Gasteiger partial charge in [-0.05, 0) is 35.9 Å². The van der Waals surface area contributed by atoms with E-state index in [1.54, 1.807) is 48.7 Å². The number of hydrazone groups is 1. The highest BCUT2D eigenvalue weighted by molar-refractivity contribution is 6.33. The molecule has 0 bridgehead atoms. The van der Waals surface area contributed by atoms with E-state index < -0.39 is 5.97 Å². The van der Waals surface area contributed by atoms with Gasteiger partial charge in [0.15, 0.2) is 11.5 Å². The van der Waals surface area contributed by atoms with Gasteiger partial charge in [0.1, 0.15) is 0 Å². The molecule has 39 heavy (non-hydrogen) atoms. The summed E-state index contributed by atoms with van der Waals surface area (Å²) in [5.41, 5.74) is 3.88. The van der Waals surface area contributed by atoms with Gasteiger partial charge in [0, 0.05) is 26.2 Å². The quantitative estimate of drug-likeness (QED) is 0.192. The van der Waals surface area contributed by atoms with Crippen molar-refractivity contribution in [1.82, 2.24) is 15.0 Å². The van der Waals surface area contributed by atoms with E-state index in [4.69, 9.17) is 35.5 Å². The van der Waals surface area contributed by atoms with Crippen LogP contribution in [0.4, 0.5) is 17.8 Å². The first-order valence-electron chi connectivity index (χ1n) is 12.5. The highest BCUT2D eigenvalue weighted by Crippen LogP contribution is 2.29. The molecule has 12 nitrogen and oxygen atoms in total. The Balaban J connectivity index is 1.31. The molecular weight excluding hydrogens is 526 g/mol. The Labute approximate surface area is 230 Å². The lowest BCUT2D eigenvalue weighted by Crippen LogP contribution is -2.40. The molecule has 3 heterocycles. The molecule has 1 aromatic heterocycles. The predicted octanol–water partition coefficient (Wildman–Crippen LogP) is 2.87. The average Bonchev–Trinajstić information content (AvgIpc) is 2.98. The molecule has 2 aliphatic heterocycles. The molecule has 2 aliphatic rings. The number of nitrogens with one attached hydrogen (secondary N) is 1. The lowest BCUT2D eigenvalue weighted by molar-refractivity contribution is 0.0730. The van der Waals surface area contributed by atoms with Gasteiger partial charge in [0.05, 0.1) is 50.3 Å². The van der Waals surface area contributed by atoms with Crippen LogP contribution >= 0.6 is 11.6 Å². The molecule has 204 valence electrons. The topological polar surface area (TPSA) is 124 Å². The molecule has 0 saturated carbocycles. The lowest BCUT2D eigenvalue weighted by atomic mass is 10.2. The van der Waals surface area contributed by atoms with E-state index in [9.17, 15) is 4.79 Å². The first kappa shape index (κ1) is 26.6. The maximum Gasteiger partial charge on any atom is 0.345 e. The molecule has 2 saturated heterocycles. The number of hydrogen-bond donors (Lipinski definition) is 1. The fraction of sp³-hybridized carbons (Fsp3) is 0.346. The summed E-state index contributed by atoms with van der Waals surface area (Å²) in [5.74, 6) is 1.50. The third-order valence-corrected chi connectivity index (χ3v) is 6.39. The van der Waals surface area contributed by atoms with E-state index >= 15 is 0 Å². The highest BCUT2D eigenvalue weighted by Gasteiger charge is 2.21. The predicted molar refractivity (Wildman–Crippen MR) is 147 cm³/mol. The number of nitrogens with zero attached hydrogens (tertiary/aromatic N) is 6. The summed E-state index contributed by atoms with van der Waals surface area (Å²) in [7, 11) is 1.49. The second-order valence-corrected chi connectivity index (χ2v) is 9.01. The third-order valence-electron chi connectivity index (χ3n) is 6.06. The molecule has 5 rings (SSSR count). The fourth-order valence-electron chi connectivity index (χ4n) is 4.01. The maximum atomic E-state index is 12.6. The van der Waals surface area contributed by atoms with Crippen molar-refractivity contribution in [3.8, 4) is 11.5 Å². The third kappa shape index (κ3) is 6.72. The standard InChI is InChI=1S/C26H28ClN7O5/c1-36-22-16-18(6-7-21(22)39-23(35)19-4-2-3-5-20(19)27)17-28-32-24-29-25(33-8-12-37-13-9-33)31-26(30-24)34-10-14-38-15-11-34/h2-7,16-17H,8-15H2,1H3,(H,29,30,31,32). The molecule has 3 aromatic rings. The molecule has 0 spiro atoms. The Hall–Kier alpha value is -4.00. The van der Waals surface area contributed by atoms with Gasteiger partial charge in [-0.25, -0.2) is 10.2 Å². The number of halogens is 1. The van der Waals surface area contributed by atoms with E-state index in [0.29, 0.717) is 86.8 Å². The summed E-state index contributed by atoms with van der Waals surface area (Å²) in [4.78, 5) is 30.5. The number of carbonyl (C=O) groups is 1. The van der Waals surface area contributed by atoms with Crippen molar-refractivity contribution in [2.75, 3.05) is 74.9 Å². The molecule has 0 radical (unpaired) electrons. The normalized spacial score (nSPS) is 15.8. The van der Waals surface area contributed by atoms with Crippen LogP contribution in [0.2, 0.25) is 5.02 Å². The Kier molecular flexibility index (Phi) is 8.66. The summed E-state index contributed by atoms with van der Waals surface area (Å²) >= 11 is 6.11. The number of methoxy groups -OCH3 is 1. The zero-order chi connectivity index (χ0) is 27.0. The number of benzene rings is 2. The number of anilines is 3.